The minimum Gasteiger partial charge on any atom is -0.423 e. The summed E-state index contributed by atoms with van der Waals surface area (Å²) in [6, 6.07) is 6.77. The van der Waals surface area contributed by atoms with Crippen molar-refractivity contribution in [3.05, 3.63) is 65.2 Å². The smallest absolute Gasteiger partial charge is 0.416 e. The van der Waals surface area contributed by atoms with Crippen LogP contribution in [0.5, 0.6) is 5.75 Å². The van der Waals surface area contributed by atoms with Crippen molar-refractivity contribution < 1.29 is 35.9 Å². The second-order valence-corrected chi connectivity index (χ2v) is 4.49. The first-order valence-electron chi connectivity index (χ1n) is 6.14. The van der Waals surface area contributed by atoms with E-state index in [2.05, 4.69) is 0 Å². The largest absolute Gasteiger partial charge is 0.423 e. The van der Waals surface area contributed by atoms with Crippen LogP contribution >= 0.6 is 0 Å². The van der Waals surface area contributed by atoms with Crippen LogP contribution in [-0.2, 0) is 12.4 Å². The van der Waals surface area contributed by atoms with Crippen molar-refractivity contribution in [2.24, 2.45) is 0 Å². The molecule has 8 heteroatoms. The zero-order valence-electron chi connectivity index (χ0n) is 11.2. The molecule has 2 nitrogen and oxygen atoms in total. The van der Waals surface area contributed by atoms with Gasteiger partial charge < -0.3 is 4.74 Å². The van der Waals surface area contributed by atoms with Gasteiger partial charge in [0, 0.05) is 0 Å². The molecule has 0 N–H and O–H groups in total. The van der Waals surface area contributed by atoms with Gasteiger partial charge >= 0.3 is 18.3 Å². The van der Waals surface area contributed by atoms with E-state index in [4.69, 9.17) is 4.74 Å². The highest BCUT2D eigenvalue weighted by atomic mass is 19.4. The molecule has 0 atom stereocenters. The molecule has 0 aliphatic heterocycles. The van der Waals surface area contributed by atoms with E-state index in [1.807, 2.05) is 0 Å². The monoisotopic (exact) mass is 334 g/mol. The Hall–Kier alpha value is -2.51. The Labute approximate surface area is 126 Å². The number of carbonyl (C=O) groups is 1. The van der Waals surface area contributed by atoms with Gasteiger partial charge in [-0.3, -0.25) is 0 Å². The first-order valence-corrected chi connectivity index (χ1v) is 6.14. The van der Waals surface area contributed by atoms with E-state index in [0.717, 1.165) is 30.3 Å². The number of rotatable bonds is 2. The summed E-state index contributed by atoms with van der Waals surface area (Å²) < 4.78 is 79.6. The van der Waals surface area contributed by atoms with E-state index in [-0.39, 0.29) is 11.3 Å². The van der Waals surface area contributed by atoms with Gasteiger partial charge in [0.2, 0.25) is 0 Å². The molecule has 0 heterocycles. The molecule has 0 radical (unpaired) electrons. The highest BCUT2D eigenvalue weighted by Gasteiger charge is 2.31. The summed E-state index contributed by atoms with van der Waals surface area (Å²) in [6.45, 7) is 0. The van der Waals surface area contributed by atoms with Crippen LogP contribution in [0.2, 0.25) is 0 Å². The van der Waals surface area contributed by atoms with E-state index in [1.165, 1.54) is 0 Å². The first-order chi connectivity index (χ1) is 10.6. The average Bonchev–Trinajstić information content (AvgIpc) is 2.46. The van der Waals surface area contributed by atoms with Crippen molar-refractivity contribution in [3.63, 3.8) is 0 Å². The van der Waals surface area contributed by atoms with E-state index >= 15 is 0 Å². The number of carbonyl (C=O) groups excluding carboxylic acids is 1. The van der Waals surface area contributed by atoms with Crippen molar-refractivity contribution >= 4 is 5.97 Å². The van der Waals surface area contributed by atoms with E-state index in [9.17, 15) is 31.1 Å². The summed E-state index contributed by atoms with van der Waals surface area (Å²) in [6.07, 6.45) is -9.16. The maximum absolute atomic E-state index is 12.6. The Balaban J connectivity index is 2.16. The summed E-state index contributed by atoms with van der Waals surface area (Å²) in [5.74, 6) is -1.31. The minimum absolute atomic E-state index is 0.208. The molecule has 0 spiro atoms. The average molecular weight is 334 g/mol. The molecule has 2 rings (SSSR count). The number of benzene rings is 2. The van der Waals surface area contributed by atoms with Crippen LogP contribution in [0.4, 0.5) is 26.3 Å². The Morgan fingerprint density at radius 1 is 0.783 bits per heavy atom. The standard InChI is InChI=1S/C15H8F6O2/c16-14(17,18)10-4-6-12(7-5-10)23-13(22)9-2-1-3-11(8-9)15(19,20)21/h1-8H. The number of ether oxygens (including phenoxy) is 1. The van der Waals surface area contributed by atoms with Crippen molar-refractivity contribution in [2.75, 3.05) is 0 Å². The van der Waals surface area contributed by atoms with E-state index in [1.54, 1.807) is 0 Å². The third-order valence-electron chi connectivity index (χ3n) is 2.82. The molecule has 0 aromatic heterocycles. The van der Waals surface area contributed by atoms with Crippen molar-refractivity contribution in [3.8, 4) is 5.75 Å². The zero-order chi connectivity index (χ0) is 17.3. The Morgan fingerprint density at radius 3 is 1.87 bits per heavy atom. The molecule has 2 aromatic rings. The number of esters is 1. The molecule has 0 amide bonds. The quantitative estimate of drug-likeness (QED) is 0.442. The summed E-state index contributed by atoms with van der Waals surface area (Å²) in [5.41, 5.74) is -2.32. The van der Waals surface area contributed by atoms with Crippen LogP contribution in [0.15, 0.2) is 48.5 Å². The van der Waals surface area contributed by atoms with Gasteiger partial charge in [-0.1, -0.05) is 6.07 Å². The molecule has 0 unspecified atom stereocenters. The highest BCUT2D eigenvalue weighted by Crippen LogP contribution is 2.31. The molecule has 0 aliphatic carbocycles. The van der Waals surface area contributed by atoms with Gasteiger partial charge in [0.05, 0.1) is 16.7 Å². The molecular formula is C15H8F6O2. The van der Waals surface area contributed by atoms with Crippen LogP contribution in [0.3, 0.4) is 0 Å². The Bertz CT molecular complexity index is 701. The lowest BCUT2D eigenvalue weighted by atomic mass is 10.1. The number of halogens is 6. The molecule has 0 saturated heterocycles. The minimum atomic E-state index is -4.62. The number of hydrogen-bond acceptors (Lipinski definition) is 2. The molecular weight excluding hydrogens is 326 g/mol. The summed E-state index contributed by atoms with van der Waals surface area (Å²) in [7, 11) is 0. The van der Waals surface area contributed by atoms with Gasteiger partial charge in [0.15, 0.2) is 0 Å². The fraction of sp³-hybridized carbons (Fsp3) is 0.133. The molecule has 0 bridgehead atoms. The van der Waals surface area contributed by atoms with Crippen molar-refractivity contribution in [2.45, 2.75) is 12.4 Å². The number of hydrogen-bond donors (Lipinski definition) is 0. The van der Waals surface area contributed by atoms with Gasteiger partial charge in [-0.05, 0) is 42.5 Å². The lowest BCUT2D eigenvalue weighted by molar-refractivity contribution is -0.138. The summed E-state index contributed by atoms with van der Waals surface area (Å²) in [4.78, 5) is 11.8. The van der Waals surface area contributed by atoms with Crippen LogP contribution < -0.4 is 4.74 Å². The molecule has 122 valence electrons. The predicted octanol–water partition coefficient (Wildman–Crippen LogP) is 4.94. The third-order valence-corrected chi connectivity index (χ3v) is 2.82. The third kappa shape index (κ3) is 4.24. The van der Waals surface area contributed by atoms with Crippen LogP contribution in [0.1, 0.15) is 21.5 Å². The second kappa shape index (κ2) is 5.94. The van der Waals surface area contributed by atoms with Gasteiger partial charge in [0.25, 0.3) is 0 Å². The second-order valence-electron chi connectivity index (χ2n) is 4.49. The fourth-order valence-electron chi connectivity index (χ4n) is 1.70. The predicted molar refractivity (Wildman–Crippen MR) is 67.8 cm³/mol. The van der Waals surface area contributed by atoms with Gasteiger partial charge in [-0.25, -0.2) is 4.79 Å². The van der Waals surface area contributed by atoms with Gasteiger partial charge in [0.1, 0.15) is 5.75 Å². The summed E-state index contributed by atoms with van der Waals surface area (Å²) >= 11 is 0. The lowest BCUT2D eigenvalue weighted by Crippen LogP contribution is -2.12. The van der Waals surface area contributed by atoms with Crippen LogP contribution in [-0.4, -0.2) is 5.97 Å². The Morgan fingerprint density at radius 2 is 1.35 bits per heavy atom. The van der Waals surface area contributed by atoms with Gasteiger partial charge in [-0.15, -0.1) is 0 Å². The van der Waals surface area contributed by atoms with Crippen LogP contribution in [0, 0.1) is 0 Å². The Kier molecular flexibility index (Phi) is 4.35. The molecule has 0 aliphatic rings. The lowest BCUT2D eigenvalue weighted by Gasteiger charge is -2.10. The molecule has 23 heavy (non-hydrogen) atoms. The van der Waals surface area contributed by atoms with Crippen molar-refractivity contribution in [1.82, 2.24) is 0 Å². The van der Waals surface area contributed by atoms with Crippen molar-refractivity contribution in [1.29, 1.82) is 0 Å². The SMILES string of the molecule is O=C(Oc1ccc(C(F)(F)F)cc1)c1cccc(C(F)(F)F)c1. The number of alkyl halides is 6. The first kappa shape index (κ1) is 16.9. The maximum Gasteiger partial charge on any atom is 0.416 e. The summed E-state index contributed by atoms with van der Waals surface area (Å²) in [5, 5.41) is 0. The van der Waals surface area contributed by atoms with Crippen LogP contribution in [0.25, 0.3) is 0 Å². The molecule has 0 fully saturated rings. The maximum atomic E-state index is 12.6. The van der Waals surface area contributed by atoms with Gasteiger partial charge in [-0.2, -0.15) is 26.3 Å². The topological polar surface area (TPSA) is 26.3 Å². The highest BCUT2D eigenvalue weighted by molar-refractivity contribution is 5.91. The van der Waals surface area contributed by atoms with E-state index < -0.39 is 29.4 Å². The molecule has 0 saturated carbocycles. The molecule has 2 aromatic carbocycles. The zero-order valence-corrected chi connectivity index (χ0v) is 11.2. The normalized spacial score (nSPS) is 12.1. The fourth-order valence-corrected chi connectivity index (χ4v) is 1.70. The van der Waals surface area contributed by atoms with E-state index in [0.29, 0.717) is 18.2 Å².